The van der Waals surface area contributed by atoms with Crippen LogP contribution in [0.25, 0.3) is 0 Å². The molecule has 1 nitrogen and oxygen atoms in total. The Balaban J connectivity index is 2.06. The van der Waals surface area contributed by atoms with Crippen LogP contribution in [-0.4, -0.2) is 18.6 Å². The Hall–Kier alpha value is 0.310. The molecule has 6 unspecified atom stereocenters. The van der Waals surface area contributed by atoms with Gasteiger partial charge in [0, 0.05) is 12.3 Å². The average Bonchev–Trinajstić information content (AvgIpc) is 2.67. The largest absolute Gasteiger partial charge is 0.177 e. The molecule has 0 spiro atoms. The van der Waals surface area contributed by atoms with Gasteiger partial charge in [-0.1, -0.05) is 13.8 Å². The topological polar surface area (TPSA) is 9.23 Å². The van der Waals surface area contributed by atoms with Crippen molar-refractivity contribution in [2.75, 3.05) is 13.4 Å². The number of hydrogen-bond acceptors (Lipinski definition) is 1. The SMILES string of the molecule is CO[S+](C)C1CC2CC1C(C)C2C. The first-order chi connectivity index (χ1) is 6.15. The first-order valence-electron chi connectivity index (χ1n) is 5.34. The van der Waals surface area contributed by atoms with Gasteiger partial charge in [0.2, 0.25) is 0 Å². The van der Waals surface area contributed by atoms with E-state index >= 15 is 0 Å². The molecule has 2 bridgehead atoms. The Morgan fingerprint density at radius 3 is 2.31 bits per heavy atom. The van der Waals surface area contributed by atoms with Gasteiger partial charge in [0.25, 0.3) is 0 Å². The standard InChI is InChI=1S/C11H21OS/c1-7-8(2)10-5-9(7)6-11(10)13(4)12-3/h7-11H,5-6H2,1-4H3/q+1. The summed E-state index contributed by atoms with van der Waals surface area (Å²) in [6.07, 6.45) is 5.18. The van der Waals surface area contributed by atoms with Crippen molar-refractivity contribution in [2.24, 2.45) is 23.7 Å². The minimum atomic E-state index is 0.213. The number of rotatable bonds is 2. The minimum Gasteiger partial charge on any atom is -0.177 e. The van der Waals surface area contributed by atoms with Crippen LogP contribution in [0.2, 0.25) is 0 Å². The Labute approximate surface area is 84.8 Å². The van der Waals surface area contributed by atoms with Crippen LogP contribution < -0.4 is 0 Å². The molecule has 2 aliphatic rings. The Kier molecular flexibility index (Phi) is 2.63. The molecule has 0 aromatic rings. The van der Waals surface area contributed by atoms with Crippen LogP contribution in [0.4, 0.5) is 0 Å². The van der Waals surface area contributed by atoms with Gasteiger partial charge in [-0.15, -0.1) is 0 Å². The molecule has 2 aliphatic carbocycles. The Morgan fingerprint density at radius 1 is 1.15 bits per heavy atom. The molecule has 0 amide bonds. The van der Waals surface area contributed by atoms with Gasteiger partial charge in [0.1, 0.15) is 17.4 Å². The molecule has 0 radical (unpaired) electrons. The summed E-state index contributed by atoms with van der Waals surface area (Å²) in [5.74, 6) is 3.88. The zero-order valence-corrected chi connectivity index (χ0v) is 9.93. The highest BCUT2D eigenvalue weighted by atomic mass is 32.2. The Morgan fingerprint density at radius 2 is 1.85 bits per heavy atom. The molecule has 13 heavy (non-hydrogen) atoms. The molecule has 0 aromatic carbocycles. The smallest absolute Gasteiger partial charge is 0.154 e. The molecular weight excluding hydrogens is 180 g/mol. The Bertz CT molecular complexity index is 193. The summed E-state index contributed by atoms with van der Waals surface area (Å²) in [5.41, 5.74) is 0. The normalized spacial score (nSPS) is 51.2. The average molecular weight is 201 g/mol. The van der Waals surface area contributed by atoms with Crippen molar-refractivity contribution in [1.82, 2.24) is 0 Å². The lowest BCUT2D eigenvalue weighted by atomic mass is 9.81. The van der Waals surface area contributed by atoms with Crippen molar-refractivity contribution >= 4 is 11.2 Å². The second-order valence-corrected chi connectivity index (χ2v) is 6.75. The van der Waals surface area contributed by atoms with E-state index < -0.39 is 0 Å². The van der Waals surface area contributed by atoms with Gasteiger partial charge >= 0.3 is 0 Å². The van der Waals surface area contributed by atoms with Crippen molar-refractivity contribution < 1.29 is 4.18 Å². The van der Waals surface area contributed by atoms with Gasteiger partial charge in [-0.05, 0) is 24.2 Å². The fourth-order valence-corrected chi connectivity index (χ4v) is 4.99. The maximum atomic E-state index is 5.50. The molecule has 0 saturated heterocycles. The third-order valence-electron chi connectivity index (χ3n) is 4.53. The minimum absolute atomic E-state index is 0.213. The second-order valence-electron chi connectivity index (χ2n) is 4.82. The quantitative estimate of drug-likeness (QED) is 0.624. The van der Waals surface area contributed by atoms with Gasteiger partial charge in [0.05, 0.1) is 7.11 Å². The van der Waals surface area contributed by atoms with Crippen molar-refractivity contribution in [3.05, 3.63) is 0 Å². The molecule has 2 fully saturated rings. The van der Waals surface area contributed by atoms with Gasteiger partial charge in [-0.3, -0.25) is 0 Å². The molecule has 2 heteroatoms. The van der Waals surface area contributed by atoms with E-state index in [4.69, 9.17) is 4.18 Å². The van der Waals surface area contributed by atoms with Crippen LogP contribution in [0.3, 0.4) is 0 Å². The fourth-order valence-electron chi connectivity index (χ4n) is 3.38. The van der Waals surface area contributed by atoms with E-state index in [1.165, 1.54) is 12.8 Å². The molecule has 2 saturated carbocycles. The van der Waals surface area contributed by atoms with Gasteiger partial charge in [-0.25, -0.2) is 0 Å². The molecule has 0 N–H and O–H groups in total. The molecular formula is C11H21OS+. The van der Waals surface area contributed by atoms with E-state index in [1.54, 1.807) is 0 Å². The molecule has 76 valence electrons. The molecule has 0 heterocycles. The monoisotopic (exact) mass is 201 g/mol. The van der Waals surface area contributed by atoms with Crippen LogP contribution >= 0.6 is 0 Å². The molecule has 0 aliphatic heterocycles. The highest BCUT2D eigenvalue weighted by molar-refractivity contribution is 7.92. The van der Waals surface area contributed by atoms with Crippen LogP contribution in [0, 0.1) is 23.7 Å². The van der Waals surface area contributed by atoms with Gasteiger partial charge in [-0.2, -0.15) is 4.18 Å². The van der Waals surface area contributed by atoms with E-state index in [-0.39, 0.29) is 11.2 Å². The van der Waals surface area contributed by atoms with E-state index in [9.17, 15) is 0 Å². The highest BCUT2D eigenvalue weighted by Crippen LogP contribution is 2.54. The fraction of sp³-hybridized carbons (Fsp3) is 1.00. The van der Waals surface area contributed by atoms with Crippen LogP contribution in [0.1, 0.15) is 26.7 Å². The van der Waals surface area contributed by atoms with Gasteiger partial charge in [0.15, 0.2) is 5.25 Å². The summed E-state index contributed by atoms with van der Waals surface area (Å²) in [4.78, 5) is 0. The lowest BCUT2D eigenvalue weighted by Crippen LogP contribution is -2.34. The van der Waals surface area contributed by atoms with Crippen molar-refractivity contribution in [3.8, 4) is 0 Å². The summed E-state index contributed by atoms with van der Waals surface area (Å²) >= 11 is 0.213. The maximum Gasteiger partial charge on any atom is 0.154 e. The van der Waals surface area contributed by atoms with Crippen molar-refractivity contribution in [2.45, 2.75) is 31.9 Å². The number of hydrogen-bond donors (Lipinski definition) is 0. The molecule has 0 aromatic heterocycles. The summed E-state index contributed by atoms with van der Waals surface area (Å²) in [7, 11) is 1.86. The van der Waals surface area contributed by atoms with Crippen molar-refractivity contribution in [1.29, 1.82) is 0 Å². The third-order valence-corrected chi connectivity index (χ3v) is 6.45. The zero-order valence-electron chi connectivity index (χ0n) is 9.12. The van der Waals surface area contributed by atoms with E-state index in [0.717, 1.165) is 28.9 Å². The first kappa shape index (κ1) is 9.85. The van der Waals surface area contributed by atoms with E-state index in [1.807, 2.05) is 7.11 Å². The lowest BCUT2D eigenvalue weighted by molar-refractivity contribution is 0.259. The van der Waals surface area contributed by atoms with E-state index in [2.05, 4.69) is 20.1 Å². The predicted octanol–water partition coefficient (Wildman–Crippen LogP) is 2.48. The second kappa shape index (κ2) is 3.47. The van der Waals surface area contributed by atoms with Crippen LogP contribution in [-0.2, 0) is 15.4 Å². The third kappa shape index (κ3) is 1.42. The summed E-state index contributed by atoms with van der Waals surface area (Å²) in [6.45, 7) is 4.88. The van der Waals surface area contributed by atoms with E-state index in [0.29, 0.717) is 0 Å². The highest BCUT2D eigenvalue weighted by Gasteiger charge is 2.54. The number of fused-ring (bicyclic) bond motifs is 2. The zero-order chi connectivity index (χ0) is 9.59. The molecule has 2 rings (SSSR count). The summed E-state index contributed by atoms with van der Waals surface area (Å²) < 4.78 is 5.50. The predicted molar refractivity (Wildman–Crippen MR) is 58.6 cm³/mol. The first-order valence-corrected chi connectivity index (χ1v) is 6.96. The molecule has 6 atom stereocenters. The van der Waals surface area contributed by atoms with Gasteiger partial charge < -0.3 is 0 Å². The van der Waals surface area contributed by atoms with Crippen molar-refractivity contribution in [3.63, 3.8) is 0 Å². The van der Waals surface area contributed by atoms with Crippen LogP contribution in [0.15, 0.2) is 0 Å². The summed E-state index contributed by atoms with van der Waals surface area (Å²) in [6, 6.07) is 0. The van der Waals surface area contributed by atoms with Crippen LogP contribution in [0.5, 0.6) is 0 Å². The lowest BCUT2D eigenvalue weighted by Gasteiger charge is -2.28. The maximum absolute atomic E-state index is 5.50. The summed E-state index contributed by atoms with van der Waals surface area (Å²) in [5, 5.41) is 0.876.